The van der Waals surface area contributed by atoms with Crippen LogP contribution in [0.1, 0.15) is 5.56 Å². The first kappa shape index (κ1) is 17.9. The lowest BCUT2D eigenvalue weighted by Crippen LogP contribution is -2.05. The molecule has 0 amide bonds. The molecule has 5 aromatic rings. The predicted molar refractivity (Wildman–Crippen MR) is 120 cm³/mol. The van der Waals surface area contributed by atoms with Gasteiger partial charge in [-0.15, -0.1) is 5.10 Å². The van der Waals surface area contributed by atoms with Crippen LogP contribution in [0.2, 0.25) is 0 Å². The fourth-order valence-corrected chi connectivity index (χ4v) is 3.44. The average Bonchev–Trinajstić information content (AvgIpc) is 3.15. The van der Waals surface area contributed by atoms with E-state index in [1.165, 1.54) is 0 Å². The highest BCUT2D eigenvalue weighted by atomic mass is 15.3. The van der Waals surface area contributed by atoms with E-state index in [2.05, 4.69) is 27.5 Å². The highest BCUT2D eigenvalue weighted by Gasteiger charge is 2.19. The molecule has 0 saturated carbocycles. The molecule has 5 rings (SSSR count). The van der Waals surface area contributed by atoms with Crippen molar-refractivity contribution in [1.82, 2.24) is 19.7 Å². The topological polar surface area (TPSA) is 81.7 Å². The number of aromatic nitrogens is 4. The van der Waals surface area contributed by atoms with Crippen LogP contribution in [0.3, 0.4) is 0 Å². The zero-order valence-electron chi connectivity index (χ0n) is 16.2. The number of hydrogen-bond donors (Lipinski definition) is 2. The van der Waals surface area contributed by atoms with E-state index in [0.29, 0.717) is 24.0 Å². The van der Waals surface area contributed by atoms with E-state index >= 15 is 0 Å². The summed E-state index contributed by atoms with van der Waals surface area (Å²) in [5, 5.41) is 8.75. The zero-order valence-corrected chi connectivity index (χ0v) is 16.2. The summed E-state index contributed by atoms with van der Waals surface area (Å²) in [5.41, 5.74) is 10.8. The summed E-state index contributed by atoms with van der Waals surface area (Å²) in [7, 11) is 0. The summed E-state index contributed by atoms with van der Waals surface area (Å²) >= 11 is 0. The molecular weight excluding hydrogens is 372 g/mol. The van der Waals surface area contributed by atoms with Crippen LogP contribution >= 0.6 is 0 Å². The first-order chi connectivity index (χ1) is 14.8. The van der Waals surface area contributed by atoms with Crippen molar-refractivity contribution >= 4 is 22.8 Å². The highest BCUT2D eigenvalue weighted by Crippen LogP contribution is 2.32. The molecular formula is C24H20N6. The van der Waals surface area contributed by atoms with Crippen molar-refractivity contribution in [3.63, 3.8) is 0 Å². The van der Waals surface area contributed by atoms with Crippen LogP contribution in [-0.2, 0) is 6.54 Å². The highest BCUT2D eigenvalue weighted by molar-refractivity contribution is 5.99. The SMILES string of the molecule is Nc1c2c(-c3ccccc3)nc(NCc3ccccc3)nc2nn1-c1ccccc1. The van der Waals surface area contributed by atoms with E-state index in [1.807, 2.05) is 78.9 Å². The van der Waals surface area contributed by atoms with E-state index in [9.17, 15) is 0 Å². The third-order valence-electron chi connectivity index (χ3n) is 4.91. The van der Waals surface area contributed by atoms with Gasteiger partial charge >= 0.3 is 0 Å². The van der Waals surface area contributed by atoms with Gasteiger partial charge in [-0.05, 0) is 17.7 Å². The summed E-state index contributed by atoms with van der Waals surface area (Å²) in [6, 6.07) is 29.9. The van der Waals surface area contributed by atoms with Gasteiger partial charge in [0.05, 0.1) is 16.8 Å². The third kappa shape index (κ3) is 3.35. The van der Waals surface area contributed by atoms with Crippen LogP contribution < -0.4 is 11.1 Å². The van der Waals surface area contributed by atoms with E-state index in [4.69, 9.17) is 10.7 Å². The Kier molecular flexibility index (Phi) is 4.57. The molecule has 3 N–H and O–H groups in total. The first-order valence-corrected chi connectivity index (χ1v) is 9.74. The van der Waals surface area contributed by atoms with Crippen molar-refractivity contribution in [3.05, 3.63) is 96.6 Å². The largest absolute Gasteiger partial charge is 0.383 e. The molecule has 0 aliphatic rings. The molecule has 3 aromatic carbocycles. The van der Waals surface area contributed by atoms with Crippen LogP contribution in [0.4, 0.5) is 11.8 Å². The van der Waals surface area contributed by atoms with Gasteiger partial charge < -0.3 is 11.1 Å². The van der Waals surface area contributed by atoms with E-state index < -0.39 is 0 Å². The van der Waals surface area contributed by atoms with Gasteiger partial charge in [-0.2, -0.15) is 4.98 Å². The van der Waals surface area contributed by atoms with E-state index in [0.717, 1.165) is 27.9 Å². The summed E-state index contributed by atoms with van der Waals surface area (Å²) in [5.74, 6) is 1.03. The van der Waals surface area contributed by atoms with Gasteiger partial charge in [0.15, 0.2) is 5.65 Å². The minimum atomic E-state index is 0.517. The monoisotopic (exact) mass is 392 g/mol. The molecule has 30 heavy (non-hydrogen) atoms. The lowest BCUT2D eigenvalue weighted by molar-refractivity contribution is 0.899. The van der Waals surface area contributed by atoms with Crippen molar-refractivity contribution in [2.75, 3.05) is 11.1 Å². The second-order valence-electron chi connectivity index (χ2n) is 6.93. The summed E-state index contributed by atoms with van der Waals surface area (Å²) in [6.07, 6.45) is 0. The number of nitrogens with one attached hydrogen (secondary N) is 1. The molecule has 0 saturated heterocycles. The molecule has 2 heterocycles. The van der Waals surface area contributed by atoms with Crippen molar-refractivity contribution in [1.29, 1.82) is 0 Å². The number of benzene rings is 3. The van der Waals surface area contributed by atoms with Crippen molar-refractivity contribution < 1.29 is 0 Å². The first-order valence-electron chi connectivity index (χ1n) is 9.74. The van der Waals surface area contributed by atoms with E-state index in [1.54, 1.807) is 4.68 Å². The Morgan fingerprint density at radius 2 is 1.40 bits per heavy atom. The summed E-state index contributed by atoms with van der Waals surface area (Å²) in [6.45, 7) is 0.620. The van der Waals surface area contributed by atoms with Gasteiger partial charge in [-0.25, -0.2) is 9.67 Å². The number of nitrogens with two attached hydrogens (primary N) is 1. The smallest absolute Gasteiger partial charge is 0.225 e. The lowest BCUT2D eigenvalue weighted by atomic mass is 10.1. The molecule has 0 unspecified atom stereocenters. The van der Waals surface area contributed by atoms with Gasteiger partial charge in [0.25, 0.3) is 0 Å². The Hall–Kier alpha value is -4.19. The Balaban J connectivity index is 1.64. The van der Waals surface area contributed by atoms with Gasteiger partial charge in [-0.3, -0.25) is 0 Å². The summed E-state index contributed by atoms with van der Waals surface area (Å²) < 4.78 is 1.72. The molecule has 0 fully saturated rings. The third-order valence-corrected chi connectivity index (χ3v) is 4.91. The normalized spacial score (nSPS) is 10.9. The van der Waals surface area contributed by atoms with Gasteiger partial charge in [-0.1, -0.05) is 78.9 Å². The molecule has 6 heteroatoms. The van der Waals surface area contributed by atoms with Crippen LogP contribution in [0.15, 0.2) is 91.0 Å². The molecule has 0 atom stereocenters. The van der Waals surface area contributed by atoms with Crippen LogP contribution in [0.5, 0.6) is 0 Å². The quantitative estimate of drug-likeness (QED) is 0.454. The maximum absolute atomic E-state index is 6.52. The van der Waals surface area contributed by atoms with Crippen LogP contribution in [-0.4, -0.2) is 19.7 Å². The number of nitrogen functional groups attached to an aromatic ring is 1. The minimum absolute atomic E-state index is 0.517. The number of hydrogen-bond acceptors (Lipinski definition) is 5. The van der Waals surface area contributed by atoms with E-state index in [-0.39, 0.29) is 0 Å². The zero-order chi connectivity index (χ0) is 20.3. The number of fused-ring (bicyclic) bond motifs is 1. The van der Waals surface area contributed by atoms with Crippen molar-refractivity contribution in [3.8, 4) is 16.9 Å². The number of rotatable bonds is 5. The molecule has 0 aliphatic heterocycles. The second-order valence-corrected chi connectivity index (χ2v) is 6.93. The Labute approximate surface area is 174 Å². The van der Waals surface area contributed by atoms with Crippen LogP contribution in [0, 0.1) is 0 Å². The second kappa shape index (κ2) is 7.67. The Morgan fingerprint density at radius 3 is 2.10 bits per heavy atom. The lowest BCUT2D eigenvalue weighted by Gasteiger charge is -2.08. The maximum atomic E-state index is 6.52. The molecule has 146 valence electrons. The molecule has 0 aliphatic carbocycles. The number of nitrogens with zero attached hydrogens (tertiary/aromatic N) is 4. The van der Waals surface area contributed by atoms with Crippen molar-refractivity contribution in [2.45, 2.75) is 6.54 Å². The fraction of sp³-hybridized carbons (Fsp3) is 0.0417. The number of anilines is 2. The molecule has 0 radical (unpaired) electrons. The fourth-order valence-electron chi connectivity index (χ4n) is 3.44. The molecule has 0 spiro atoms. The Bertz CT molecular complexity index is 1280. The number of para-hydroxylation sites is 1. The van der Waals surface area contributed by atoms with Crippen LogP contribution in [0.25, 0.3) is 28.0 Å². The molecule has 6 nitrogen and oxygen atoms in total. The minimum Gasteiger partial charge on any atom is -0.383 e. The predicted octanol–water partition coefficient (Wildman–Crippen LogP) is 4.68. The van der Waals surface area contributed by atoms with Gasteiger partial charge in [0.2, 0.25) is 5.95 Å². The maximum Gasteiger partial charge on any atom is 0.225 e. The molecule has 0 bridgehead atoms. The van der Waals surface area contributed by atoms with Gasteiger partial charge in [0, 0.05) is 12.1 Å². The Morgan fingerprint density at radius 1 is 0.767 bits per heavy atom. The molecule has 2 aromatic heterocycles. The van der Waals surface area contributed by atoms with Gasteiger partial charge in [0.1, 0.15) is 5.82 Å². The summed E-state index contributed by atoms with van der Waals surface area (Å²) in [4.78, 5) is 9.45. The standard InChI is InChI=1S/C24H20N6/c25-22-20-21(18-12-6-2-7-13-18)27-24(26-16-17-10-4-1-5-11-17)28-23(20)29-30(22)19-14-8-3-9-15-19/h1-15H,16,25H2,(H,26,28,29). The van der Waals surface area contributed by atoms with Crippen molar-refractivity contribution in [2.24, 2.45) is 0 Å². The average molecular weight is 392 g/mol.